The Morgan fingerprint density at radius 3 is 2.81 bits per heavy atom. The van der Waals surface area contributed by atoms with Gasteiger partial charge < -0.3 is 10.1 Å². The Kier molecular flexibility index (Phi) is 4.69. The molecule has 88 valence electrons. The summed E-state index contributed by atoms with van der Waals surface area (Å²) >= 11 is 1.89. The van der Waals surface area contributed by atoms with Crippen LogP contribution in [-0.2, 0) is 11.2 Å². The SMILES string of the molecule is CCSc1ccc(CC2CNCCO2)cc1. The summed E-state index contributed by atoms with van der Waals surface area (Å²) in [5.74, 6) is 1.13. The normalized spacial score (nSPS) is 20.9. The molecule has 2 nitrogen and oxygen atoms in total. The van der Waals surface area contributed by atoms with Crippen molar-refractivity contribution in [3.63, 3.8) is 0 Å². The lowest BCUT2D eigenvalue weighted by Crippen LogP contribution is -2.39. The monoisotopic (exact) mass is 237 g/mol. The van der Waals surface area contributed by atoms with E-state index in [-0.39, 0.29) is 0 Å². The minimum Gasteiger partial charge on any atom is -0.375 e. The molecule has 1 unspecified atom stereocenters. The number of thioether (sulfide) groups is 1. The van der Waals surface area contributed by atoms with Crippen LogP contribution in [0.15, 0.2) is 29.2 Å². The third-order valence-electron chi connectivity index (χ3n) is 2.70. The quantitative estimate of drug-likeness (QED) is 0.812. The fraction of sp³-hybridized carbons (Fsp3) is 0.538. The van der Waals surface area contributed by atoms with Crippen molar-refractivity contribution in [3.8, 4) is 0 Å². The molecule has 2 rings (SSSR count). The molecule has 0 bridgehead atoms. The largest absolute Gasteiger partial charge is 0.375 e. The molecule has 1 saturated heterocycles. The molecule has 0 aromatic heterocycles. The number of rotatable bonds is 4. The molecule has 0 radical (unpaired) electrons. The van der Waals surface area contributed by atoms with E-state index in [1.165, 1.54) is 10.5 Å². The van der Waals surface area contributed by atoms with Gasteiger partial charge in [-0.2, -0.15) is 0 Å². The first-order valence-corrected chi connectivity index (χ1v) is 6.91. The van der Waals surface area contributed by atoms with Crippen LogP contribution in [-0.4, -0.2) is 31.6 Å². The fourth-order valence-electron chi connectivity index (χ4n) is 1.90. The van der Waals surface area contributed by atoms with Crippen molar-refractivity contribution in [1.82, 2.24) is 5.32 Å². The third kappa shape index (κ3) is 3.51. The number of nitrogens with one attached hydrogen (secondary N) is 1. The standard InChI is InChI=1S/C13H19NOS/c1-2-16-13-5-3-11(4-6-13)9-12-10-14-7-8-15-12/h3-6,12,14H,2,7-10H2,1H3. The summed E-state index contributed by atoms with van der Waals surface area (Å²) in [5, 5.41) is 3.36. The van der Waals surface area contributed by atoms with Gasteiger partial charge in [-0.3, -0.25) is 0 Å². The molecular weight excluding hydrogens is 218 g/mol. The zero-order chi connectivity index (χ0) is 11.2. The van der Waals surface area contributed by atoms with Gasteiger partial charge in [0.15, 0.2) is 0 Å². The first-order chi connectivity index (χ1) is 7.88. The van der Waals surface area contributed by atoms with Gasteiger partial charge in [-0.1, -0.05) is 19.1 Å². The van der Waals surface area contributed by atoms with E-state index >= 15 is 0 Å². The Bertz CT molecular complexity index is 306. The average Bonchev–Trinajstić information content (AvgIpc) is 2.33. The summed E-state index contributed by atoms with van der Waals surface area (Å²) in [6, 6.07) is 8.85. The highest BCUT2D eigenvalue weighted by molar-refractivity contribution is 7.99. The molecule has 1 aliphatic heterocycles. The second kappa shape index (κ2) is 6.28. The molecule has 1 aromatic carbocycles. The van der Waals surface area contributed by atoms with Crippen LogP contribution in [0.2, 0.25) is 0 Å². The minimum atomic E-state index is 0.346. The zero-order valence-electron chi connectivity index (χ0n) is 9.74. The van der Waals surface area contributed by atoms with Crippen LogP contribution in [0.25, 0.3) is 0 Å². The molecule has 0 spiro atoms. The van der Waals surface area contributed by atoms with Crippen LogP contribution >= 0.6 is 11.8 Å². The molecule has 1 heterocycles. The maximum absolute atomic E-state index is 5.69. The van der Waals surface area contributed by atoms with Crippen LogP contribution in [0.1, 0.15) is 12.5 Å². The topological polar surface area (TPSA) is 21.3 Å². The van der Waals surface area contributed by atoms with Crippen LogP contribution in [0, 0.1) is 0 Å². The van der Waals surface area contributed by atoms with Crippen molar-refractivity contribution in [2.75, 3.05) is 25.4 Å². The summed E-state index contributed by atoms with van der Waals surface area (Å²) in [6.07, 6.45) is 1.36. The lowest BCUT2D eigenvalue weighted by atomic mass is 10.1. The molecule has 0 aliphatic carbocycles. The van der Waals surface area contributed by atoms with Crippen molar-refractivity contribution < 1.29 is 4.74 Å². The molecule has 16 heavy (non-hydrogen) atoms. The smallest absolute Gasteiger partial charge is 0.0740 e. The van der Waals surface area contributed by atoms with Crippen molar-refractivity contribution in [2.24, 2.45) is 0 Å². The number of benzene rings is 1. The summed E-state index contributed by atoms with van der Waals surface area (Å²) in [7, 11) is 0. The van der Waals surface area contributed by atoms with E-state index in [1.807, 2.05) is 11.8 Å². The number of morpholine rings is 1. The summed E-state index contributed by atoms with van der Waals surface area (Å²) in [4.78, 5) is 1.36. The van der Waals surface area contributed by atoms with Gasteiger partial charge in [-0.15, -0.1) is 11.8 Å². The Hall–Kier alpha value is -0.510. The molecule has 1 fully saturated rings. The Balaban J connectivity index is 1.88. The number of ether oxygens (including phenoxy) is 1. The Morgan fingerprint density at radius 2 is 2.19 bits per heavy atom. The summed E-state index contributed by atoms with van der Waals surface area (Å²) in [6.45, 7) is 4.99. The van der Waals surface area contributed by atoms with Gasteiger partial charge in [0.05, 0.1) is 12.7 Å². The highest BCUT2D eigenvalue weighted by Gasteiger charge is 2.13. The van der Waals surface area contributed by atoms with Crippen molar-refractivity contribution >= 4 is 11.8 Å². The lowest BCUT2D eigenvalue weighted by Gasteiger charge is -2.23. The molecule has 1 aliphatic rings. The first-order valence-electron chi connectivity index (χ1n) is 5.92. The Morgan fingerprint density at radius 1 is 1.38 bits per heavy atom. The van der Waals surface area contributed by atoms with Gasteiger partial charge in [0, 0.05) is 18.0 Å². The van der Waals surface area contributed by atoms with Crippen molar-refractivity contribution in [2.45, 2.75) is 24.3 Å². The summed E-state index contributed by atoms with van der Waals surface area (Å²) < 4.78 is 5.69. The second-order valence-electron chi connectivity index (χ2n) is 3.98. The minimum absolute atomic E-state index is 0.346. The Labute approximate surface area is 102 Å². The van der Waals surface area contributed by atoms with Gasteiger partial charge in [0.2, 0.25) is 0 Å². The fourth-order valence-corrected chi connectivity index (χ4v) is 2.56. The van der Waals surface area contributed by atoms with E-state index in [1.54, 1.807) is 0 Å². The maximum Gasteiger partial charge on any atom is 0.0740 e. The lowest BCUT2D eigenvalue weighted by molar-refractivity contribution is 0.0292. The van der Waals surface area contributed by atoms with Crippen LogP contribution in [0.5, 0.6) is 0 Å². The van der Waals surface area contributed by atoms with E-state index in [0.29, 0.717) is 6.10 Å². The van der Waals surface area contributed by atoms with E-state index in [2.05, 4.69) is 36.5 Å². The van der Waals surface area contributed by atoms with E-state index in [9.17, 15) is 0 Å². The number of hydrogen-bond acceptors (Lipinski definition) is 3. The van der Waals surface area contributed by atoms with Gasteiger partial charge >= 0.3 is 0 Å². The molecule has 1 atom stereocenters. The van der Waals surface area contributed by atoms with Gasteiger partial charge in [0.25, 0.3) is 0 Å². The molecule has 1 aromatic rings. The zero-order valence-corrected chi connectivity index (χ0v) is 10.6. The van der Waals surface area contributed by atoms with E-state index in [4.69, 9.17) is 4.74 Å². The van der Waals surface area contributed by atoms with Gasteiger partial charge in [0.1, 0.15) is 0 Å². The van der Waals surface area contributed by atoms with E-state index in [0.717, 1.165) is 31.9 Å². The molecule has 1 N–H and O–H groups in total. The van der Waals surface area contributed by atoms with E-state index < -0.39 is 0 Å². The maximum atomic E-state index is 5.69. The second-order valence-corrected chi connectivity index (χ2v) is 5.32. The molecule has 0 amide bonds. The van der Waals surface area contributed by atoms with Crippen molar-refractivity contribution in [1.29, 1.82) is 0 Å². The van der Waals surface area contributed by atoms with Gasteiger partial charge in [-0.05, 0) is 29.9 Å². The number of hydrogen-bond donors (Lipinski definition) is 1. The highest BCUT2D eigenvalue weighted by Crippen LogP contribution is 2.18. The van der Waals surface area contributed by atoms with Crippen LogP contribution in [0.3, 0.4) is 0 Å². The third-order valence-corrected chi connectivity index (χ3v) is 3.60. The highest BCUT2D eigenvalue weighted by atomic mass is 32.2. The molecule has 0 saturated carbocycles. The molecular formula is C13H19NOS. The predicted octanol–water partition coefficient (Wildman–Crippen LogP) is 2.33. The molecule has 3 heteroatoms. The first kappa shape index (κ1) is 12.0. The average molecular weight is 237 g/mol. The van der Waals surface area contributed by atoms with Crippen LogP contribution in [0.4, 0.5) is 0 Å². The summed E-state index contributed by atoms with van der Waals surface area (Å²) in [5.41, 5.74) is 1.37. The predicted molar refractivity (Wildman–Crippen MR) is 69.2 cm³/mol. The van der Waals surface area contributed by atoms with Crippen LogP contribution < -0.4 is 5.32 Å². The van der Waals surface area contributed by atoms with Gasteiger partial charge in [-0.25, -0.2) is 0 Å². The van der Waals surface area contributed by atoms with Crippen molar-refractivity contribution in [3.05, 3.63) is 29.8 Å².